The normalized spacial score (nSPS) is 15.6. The maximum atomic E-state index is 12.0. The Morgan fingerprint density at radius 1 is 1.29 bits per heavy atom. The molecule has 0 spiro atoms. The van der Waals surface area contributed by atoms with E-state index < -0.39 is 9.84 Å². The van der Waals surface area contributed by atoms with Crippen molar-refractivity contribution in [2.45, 2.75) is 24.3 Å². The van der Waals surface area contributed by atoms with Crippen molar-refractivity contribution in [3.05, 3.63) is 35.4 Å². The lowest BCUT2D eigenvalue weighted by molar-refractivity contribution is 0.602. The molecule has 1 aliphatic heterocycles. The summed E-state index contributed by atoms with van der Waals surface area (Å²) in [6.07, 6.45) is 3.18. The van der Waals surface area contributed by atoms with Gasteiger partial charge in [-0.2, -0.15) is 4.37 Å². The van der Waals surface area contributed by atoms with Crippen LogP contribution in [0.1, 0.15) is 17.5 Å². The first-order valence-electron chi connectivity index (χ1n) is 6.74. The Labute approximate surface area is 128 Å². The Bertz CT molecular complexity index is 768. The van der Waals surface area contributed by atoms with Crippen molar-refractivity contribution in [3.63, 3.8) is 0 Å². The van der Waals surface area contributed by atoms with Gasteiger partial charge in [0.25, 0.3) is 0 Å². The lowest BCUT2D eigenvalue weighted by Crippen LogP contribution is -2.23. The van der Waals surface area contributed by atoms with E-state index in [1.54, 1.807) is 0 Å². The van der Waals surface area contributed by atoms with Crippen molar-refractivity contribution in [2.24, 2.45) is 0 Å². The van der Waals surface area contributed by atoms with E-state index in [2.05, 4.69) is 21.4 Å². The van der Waals surface area contributed by atoms with Gasteiger partial charge in [-0.3, -0.25) is 0 Å². The van der Waals surface area contributed by atoms with Gasteiger partial charge in [-0.15, -0.1) is 0 Å². The van der Waals surface area contributed by atoms with Crippen molar-refractivity contribution >= 4 is 32.2 Å². The van der Waals surface area contributed by atoms with Gasteiger partial charge in [-0.25, -0.2) is 8.42 Å². The number of hydrogen-bond acceptors (Lipinski definition) is 6. The maximum absolute atomic E-state index is 12.0. The highest BCUT2D eigenvalue weighted by Crippen LogP contribution is 2.36. The van der Waals surface area contributed by atoms with E-state index in [0.717, 1.165) is 19.4 Å². The topological polar surface area (TPSA) is 76.3 Å². The molecule has 3 rings (SSSR count). The summed E-state index contributed by atoms with van der Waals surface area (Å²) in [5.74, 6) is 0.107. The van der Waals surface area contributed by atoms with Crippen LogP contribution < -0.4 is 10.6 Å². The fourth-order valence-corrected chi connectivity index (χ4v) is 4.94. The van der Waals surface area contributed by atoms with Crippen LogP contribution in [0, 0.1) is 0 Å². The molecule has 1 aliphatic rings. The number of benzene rings is 1. The maximum Gasteiger partial charge on any atom is 0.182 e. The smallest absolute Gasteiger partial charge is 0.182 e. The number of aryl methyl sites for hydroxylation is 1. The number of rotatable bonds is 2. The molecule has 0 bridgehead atoms. The highest BCUT2D eigenvalue weighted by Gasteiger charge is 2.26. The molecule has 0 saturated heterocycles. The number of sulfone groups is 1. The summed E-state index contributed by atoms with van der Waals surface area (Å²) in [6, 6.07) is 8.29. The van der Waals surface area contributed by atoms with E-state index in [-0.39, 0.29) is 10.7 Å². The molecule has 7 heteroatoms. The predicted molar refractivity (Wildman–Crippen MR) is 85.4 cm³/mol. The average Bonchev–Trinajstić information content (AvgIpc) is 2.69. The van der Waals surface area contributed by atoms with E-state index in [1.807, 2.05) is 12.1 Å². The standard InChI is InChI=1S/C14H17N3O2S2/c1-21(18,19)12-13(15)16-20-14(12)17-8-4-7-10-5-2-3-6-11(10)9-17/h2-3,5-6H,4,7-9H2,1H3,(H2,15,16). The summed E-state index contributed by atoms with van der Waals surface area (Å²) in [6.45, 7) is 1.50. The van der Waals surface area contributed by atoms with E-state index >= 15 is 0 Å². The number of nitrogens with two attached hydrogens (primary N) is 1. The molecule has 0 atom stereocenters. The third kappa shape index (κ3) is 2.75. The van der Waals surface area contributed by atoms with Gasteiger partial charge >= 0.3 is 0 Å². The summed E-state index contributed by atoms with van der Waals surface area (Å²) in [4.78, 5) is 2.25. The second-order valence-corrected chi connectivity index (χ2v) is 7.97. The Morgan fingerprint density at radius 3 is 2.71 bits per heavy atom. The van der Waals surface area contributed by atoms with Crippen LogP contribution in [0.25, 0.3) is 0 Å². The Kier molecular flexibility index (Phi) is 3.62. The molecule has 1 aromatic heterocycles. The van der Waals surface area contributed by atoms with E-state index in [1.165, 1.54) is 28.9 Å². The van der Waals surface area contributed by atoms with Gasteiger partial charge in [0.15, 0.2) is 15.7 Å². The first-order valence-corrected chi connectivity index (χ1v) is 9.40. The Morgan fingerprint density at radius 2 is 2.00 bits per heavy atom. The number of aromatic nitrogens is 1. The first-order chi connectivity index (χ1) is 9.97. The zero-order valence-electron chi connectivity index (χ0n) is 11.7. The van der Waals surface area contributed by atoms with Crippen molar-refractivity contribution in [1.29, 1.82) is 0 Å². The van der Waals surface area contributed by atoms with Crippen LogP contribution >= 0.6 is 11.5 Å². The van der Waals surface area contributed by atoms with Gasteiger partial charge in [0.05, 0.1) is 0 Å². The van der Waals surface area contributed by atoms with Crippen LogP contribution in [-0.2, 0) is 22.8 Å². The zero-order valence-corrected chi connectivity index (χ0v) is 13.4. The van der Waals surface area contributed by atoms with Crippen LogP contribution in [-0.4, -0.2) is 25.6 Å². The number of nitrogen functional groups attached to an aromatic ring is 1. The molecule has 0 radical (unpaired) electrons. The molecule has 2 heterocycles. The molecule has 0 aliphatic carbocycles. The minimum Gasteiger partial charge on any atom is -0.382 e. The summed E-state index contributed by atoms with van der Waals surface area (Å²) in [7, 11) is -3.38. The quantitative estimate of drug-likeness (QED) is 0.915. The molecule has 0 saturated carbocycles. The van der Waals surface area contributed by atoms with E-state index in [4.69, 9.17) is 5.73 Å². The summed E-state index contributed by atoms with van der Waals surface area (Å²) < 4.78 is 28.0. The minimum atomic E-state index is -3.38. The third-order valence-corrected chi connectivity index (χ3v) is 5.87. The summed E-state index contributed by atoms with van der Waals surface area (Å²) in [5.41, 5.74) is 8.33. The average molecular weight is 323 g/mol. The zero-order chi connectivity index (χ0) is 15.0. The lowest BCUT2D eigenvalue weighted by atomic mass is 10.0. The number of nitrogens with zero attached hydrogens (tertiary/aromatic N) is 2. The van der Waals surface area contributed by atoms with Crippen molar-refractivity contribution in [3.8, 4) is 0 Å². The highest BCUT2D eigenvalue weighted by atomic mass is 32.2. The van der Waals surface area contributed by atoms with Gasteiger partial charge < -0.3 is 10.6 Å². The summed E-state index contributed by atoms with van der Waals surface area (Å²) >= 11 is 1.17. The molecular weight excluding hydrogens is 306 g/mol. The fourth-order valence-electron chi connectivity index (χ4n) is 2.71. The SMILES string of the molecule is CS(=O)(=O)c1c(N)nsc1N1CCCc2ccccc2C1. The lowest BCUT2D eigenvalue weighted by Gasteiger charge is -2.22. The van der Waals surface area contributed by atoms with Crippen LogP contribution in [0.3, 0.4) is 0 Å². The molecule has 112 valence electrons. The van der Waals surface area contributed by atoms with Crippen LogP contribution in [0.15, 0.2) is 29.2 Å². The van der Waals surface area contributed by atoms with Crippen molar-refractivity contribution < 1.29 is 8.42 Å². The molecular formula is C14H17N3O2S2. The third-order valence-electron chi connectivity index (χ3n) is 3.67. The number of anilines is 2. The summed E-state index contributed by atoms with van der Waals surface area (Å²) in [5, 5.41) is 0.659. The van der Waals surface area contributed by atoms with Gasteiger partial charge in [0, 0.05) is 19.3 Å². The molecule has 0 amide bonds. The number of hydrogen-bond donors (Lipinski definition) is 1. The van der Waals surface area contributed by atoms with Gasteiger partial charge in [-0.1, -0.05) is 24.3 Å². The highest BCUT2D eigenvalue weighted by molar-refractivity contribution is 7.91. The fraction of sp³-hybridized carbons (Fsp3) is 0.357. The molecule has 0 unspecified atom stereocenters. The second-order valence-electron chi connectivity index (χ2n) is 5.27. The molecule has 21 heavy (non-hydrogen) atoms. The Hall–Kier alpha value is -1.60. The van der Waals surface area contributed by atoms with Crippen LogP contribution in [0.4, 0.5) is 10.8 Å². The predicted octanol–water partition coefficient (Wildman–Crippen LogP) is 2.08. The first kappa shape index (κ1) is 14.3. The number of fused-ring (bicyclic) bond motifs is 1. The monoisotopic (exact) mass is 323 g/mol. The van der Waals surface area contributed by atoms with Gasteiger partial charge in [0.2, 0.25) is 0 Å². The molecule has 2 N–H and O–H groups in total. The van der Waals surface area contributed by atoms with E-state index in [0.29, 0.717) is 11.5 Å². The molecule has 1 aromatic carbocycles. The van der Waals surface area contributed by atoms with Crippen LogP contribution in [0.2, 0.25) is 0 Å². The largest absolute Gasteiger partial charge is 0.382 e. The van der Waals surface area contributed by atoms with E-state index in [9.17, 15) is 8.42 Å². The van der Waals surface area contributed by atoms with Gasteiger partial charge in [-0.05, 0) is 35.5 Å². The van der Waals surface area contributed by atoms with Crippen LogP contribution in [0.5, 0.6) is 0 Å². The molecule has 0 fully saturated rings. The van der Waals surface area contributed by atoms with Crippen molar-refractivity contribution in [1.82, 2.24) is 4.37 Å². The van der Waals surface area contributed by atoms with Gasteiger partial charge in [0.1, 0.15) is 9.90 Å². The molecule has 5 nitrogen and oxygen atoms in total. The minimum absolute atomic E-state index is 0.107. The molecule has 2 aromatic rings. The Balaban J connectivity index is 2.03. The second kappa shape index (κ2) is 5.31. The van der Waals surface area contributed by atoms with Crippen molar-refractivity contribution in [2.75, 3.05) is 23.4 Å².